The van der Waals surface area contributed by atoms with E-state index in [9.17, 15) is 0 Å². The van der Waals surface area contributed by atoms with Crippen molar-refractivity contribution in [1.29, 1.82) is 0 Å². The van der Waals surface area contributed by atoms with Crippen molar-refractivity contribution < 1.29 is 0 Å². The molecule has 2 aliphatic rings. The van der Waals surface area contributed by atoms with Gasteiger partial charge in [0.25, 0.3) is 0 Å². The van der Waals surface area contributed by atoms with Crippen LogP contribution in [0.2, 0.25) is 0 Å². The van der Waals surface area contributed by atoms with Gasteiger partial charge in [-0.15, -0.1) is 24.0 Å². The monoisotopic (exact) mass is 493 g/mol. The summed E-state index contributed by atoms with van der Waals surface area (Å²) in [5.41, 5.74) is 0.520. The molecule has 1 saturated heterocycles. The first-order chi connectivity index (χ1) is 12.6. The lowest BCUT2D eigenvalue weighted by molar-refractivity contribution is 0.104. The van der Waals surface area contributed by atoms with E-state index in [1.807, 2.05) is 7.05 Å². The largest absolute Gasteiger partial charge is 0.356 e. The van der Waals surface area contributed by atoms with Gasteiger partial charge in [0.15, 0.2) is 5.96 Å². The normalized spacial score (nSPS) is 20.9. The Morgan fingerprint density at radius 3 is 2.22 bits per heavy atom. The predicted molar refractivity (Wildman–Crippen MR) is 128 cm³/mol. The van der Waals surface area contributed by atoms with Crippen LogP contribution in [-0.2, 0) is 0 Å². The zero-order chi connectivity index (χ0) is 18.8. The third-order valence-electron chi connectivity index (χ3n) is 6.22. The van der Waals surface area contributed by atoms with Crippen molar-refractivity contribution in [3.05, 3.63) is 0 Å². The van der Waals surface area contributed by atoms with Crippen molar-refractivity contribution in [2.75, 3.05) is 59.4 Å². The molecule has 0 unspecified atom stereocenters. The first kappa shape index (κ1) is 25.0. The standard InChI is InChI=1S/C21H43N5.HI/c1-5-25-13-15-26(16-14-25)12-7-6-11-23-20(22-4)24-18-21(9-8-10-21)17-19(2)3;/h19H,5-18H2,1-4H3,(H2,22,23,24);1H. The number of hydrogen-bond acceptors (Lipinski definition) is 3. The molecule has 6 heteroatoms. The second-order valence-electron chi connectivity index (χ2n) is 8.79. The molecule has 2 N–H and O–H groups in total. The molecule has 1 aliphatic carbocycles. The van der Waals surface area contributed by atoms with Crippen LogP contribution >= 0.6 is 24.0 Å². The lowest BCUT2D eigenvalue weighted by Gasteiger charge is -2.43. The van der Waals surface area contributed by atoms with Crippen molar-refractivity contribution in [3.8, 4) is 0 Å². The van der Waals surface area contributed by atoms with Crippen LogP contribution in [0.4, 0.5) is 0 Å². The molecule has 0 spiro atoms. The number of nitrogens with one attached hydrogen (secondary N) is 2. The zero-order valence-corrected chi connectivity index (χ0v) is 20.6. The minimum atomic E-state index is 0. The number of halogens is 1. The SMILES string of the molecule is CCN1CCN(CCCCNC(=NC)NCC2(CC(C)C)CCC2)CC1.I. The van der Waals surface area contributed by atoms with E-state index in [2.05, 4.69) is 46.2 Å². The Balaban J connectivity index is 0.00000364. The number of guanidine groups is 1. The summed E-state index contributed by atoms with van der Waals surface area (Å²) in [7, 11) is 1.89. The van der Waals surface area contributed by atoms with Gasteiger partial charge in [-0.1, -0.05) is 27.2 Å². The minimum absolute atomic E-state index is 0. The highest BCUT2D eigenvalue weighted by molar-refractivity contribution is 14.0. The number of aliphatic imine (C=N–C) groups is 1. The van der Waals surface area contributed by atoms with Crippen LogP contribution in [-0.4, -0.2) is 75.2 Å². The van der Waals surface area contributed by atoms with E-state index < -0.39 is 0 Å². The number of unbranched alkanes of at least 4 members (excludes halogenated alkanes) is 1. The van der Waals surface area contributed by atoms with Crippen LogP contribution in [0.5, 0.6) is 0 Å². The lowest BCUT2D eigenvalue weighted by Crippen LogP contribution is -2.47. The number of piperazine rings is 1. The van der Waals surface area contributed by atoms with Gasteiger partial charge in [-0.2, -0.15) is 0 Å². The quantitative estimate of drug-likeness (QED) is 0.212. The Bertz CT molecular complexity index is 415. The summed E-state index contributed by atoms with van der Waals surface area (Å²) in [5.74, 6) is 1.77. The lowest BCUT2D eigenvalue weighted by atomic mass is 9.64. The Hall–Kier alpha value is -0.0800. The minimum Gasteiger partial charge on any atom is -0.356 e. The first-order valence-electron chi connectivity index (χ1n) is 11.0. The number of nitrogens with zero attached hydrogens (tertiary/aromatic N) is 3. The van der Waals surface area contributed by atoms with Crippen LogP contribution in [0.25, 0.3) is 0 Å². The van der Waals surface area contributed by atoms with Gasteiger partial charge in [0, 0.05) is 46.3 Å². The van der Waals surface area contributed by atoms with Gasteiger partial charge in [0.1, 0.15) is 0 Å². The molecule has 1 saturated carbocycles. The molecule has 0 atom stereocenters. The van der Waals surface area contributed by atoms with Gasteiger partial charge in [-0.25, -0.2) is 0 Å². The fraction of sp³-hybridized carbons (Fsp3) is 0.952. The summed E-state index contributed by atoms with van der Waals surface area (Å²) in [5, 5.41) is 7.10. The molecule has 0 aromatic carbocycles. The van der Waals surface area contributed by atoms with E-state index in [1.165, 1.54) is 77.8 Å². The number of hydrogen-bond donors (Lipinski definition) is 2. The third kappa shape index (κ3) is 8.86. The summed E-state index contributed by atoms with van der Waals surface area (Å²) in [4.78, 5) is 9.57. The summed E-state index contributed by atoms with van der Waals surface area (Å²) in [6, 6.07) is 0. The van der Waals surface area contributed by atoms with Gasteiger partial charge in [0.05, 0.1) is 0 Å². The molecular formula is C21H44IN5. The zero-order valence-electron chi connectivity index (χ0n) is 18.2. The average Bonchev–Trinajstić information content (AvgIpc) is 2.61. The molecule has 2 rings (SSSR count). The van der Waals surface area contributed by atoms with Gasteiger partial charge >= 0.3 is 0 Å². The van der Waals surface area contributed by atoms with Gasteiger partial charge < -0.3 is 20.4 Å². The summed E-state index contributed by atoms with van der Waals surface area (Å²) in [6.07, 6.45) is 7.97. The van der Waals surface area contributed by atoms with Crippen molar-refractivity contribution in [2.24, 2.45) is 16.3 Å². The second-order valence-corrected chi connectivity index (χ2v) is 8.79. The Morgan fingerprint density at radius 1 is 1.04 bits per heavy atom. The second kappa shape index (κ2) is 13.2. The number of likely N-dealkylation sites (N-methyl/N-ethyl adjacent to an activating group) is 1. The average molecular weight is 494 g/mol. The molecule has 0 bridgehead atoms. The Morgan fingerprint density at radius 2 is 1.70 bits per heavy atom. The highest BCUT2D eigenvalue weighted by Gasteiger charge is 2.37. The highest BCUT2D eigenvalue weighted by atomic mass is 127. The van der Waals surface area contributed by atoms with Gasteiger partial charge in [-0.05, 0) is 56.5 Å². The van der Waals surface area contributed by atoms with Crippen molar-refractivity contribution >= 4 is 29.9 Å². The maximum absolute atomic E-state index is 4.41. The molecule has 0 aromatic rings. The fourth-order valence-electron chi connectivity index (χ4n) is 4.48. The third-order valence-corrected chi connectivity index (χ3v) is 6.22. The van der Waals surface area contributed by atoms with E-state index in [0.717, 1.165) is 25.0 Å². The van der Waals surface area contributed by atoms with Crippen LogP contribution in [0.1, 0.15) is 59.3 Å². The smallest absolute Gasteiger partial charge is 0.190 e. The van der Waals surface area contributed by atoms with E-state index in [4.69, 9.17) is 0 Å². The maximum Gasteiger partial charge on any atom is 0.190 e. The predicted octanol–water partition coefficient (Wildman–Crippen LogP) is 3.40. The summed E-state index contributed by atoms with van der Waals surface area (Å²) in [6.45, 7) is 16.4. The van der Waals surface area contributed by atoms with Gasteiger partial charge in [-0.3, -0.25) is 4.99 Å². The molecule has 1 aliphatic heterocycles. The summed E-state index contributed by atoms with van der Waals surface area (Å²) < 4.78 is 0. The molecule has 0 amide bonds. The summed E-state index contributed by atoms with van der Waals surface area (Å²) >= 11 is 0. The Kier molecular flexibility index (Phi) is 12.2. The van der Waals surface area contributed by atoms with E-state index >= 15 is 0 Å². The number of rotatable bonds is 10. The van der Waals surface area contributed by atoms with E-state index in [1.54, 1.807) is 0 Å². The van der Waals surface area contributed by atoms with Crippen LogP contribution < -0.4 is 10.6 Å². The molecule has 160 valence electrons. The van der Waals surface area contributed by atoms with Crippen molar-refractivity contribution in [2.45, 2.75) is 59.3 Å². The molecule has 0 aromatic heterocycles. The van der Waals surface area contributed by atoms with Gasteiger partial charge in [0.2, 0.25) is 0 Å². The molecule has 1 heterocycles. The molecule has 5 nitrogen and oxygen atoms in total. The van der Waals surface area contributed by atoms with Crippen LogP contribution in [0.15, 0.2) is 4.99 Å². The Labute approximate surface area is 185 Å². The van der Waals surface area contributed by atoms with Crippen molar-refractivity contribution in [1.82, 2.24) is 20.4 Å². The van der Waals surface area contributed by atoms with E-state index in [-0.39, 0.29) is 24.0 Å². The molecule has 27 heavy (non-hydrogen) atoms. The maximum atomic E-state index is 4.41. The van der Waals surface area contributed by atoms with E-state index in [0.29, 0.717) is 5.41 Å². The molecular weight excluding hydrogens is 449 g/mol. The highest BCUT2D eigenvalue weighted by Crippen LogP contribution is 2.45. The molecule has 0 radical (unpaired) electrons. The van der Waals surface area contributed by atoms with Crippen molar-refractivity contribution in [3.63, 3.8) is 0 Å². The first-order valence-corrected chi connectivity index (χ1v) is 11.0. The van der Waals surface area contributed by atoms with Crippen LogP contribution in [0.3, 0.4) is 0 Å². The van der Waals surface area contributed by atoms with Crippen LogP contribution in [0, 0.1) is 11.3 Å². The molecule has 2 fully saturated rings. The topological polar surface area (TPSA) is 42.9 Å². The fourth-order valence-corrected chi connectivity index (χ4v) is 4.48.